The minimum atomic E-state index is -0.0331. The monoisotopic (exact) mass is 273 g/mol. The third-order valence-corrected chi connectivity index (χ3v) is 4.06. The molecule has 2 aromatic rings. The fourth-order valence-corrected chi connectivity index (χ4v) is 2.51. The predicted octanol–water partition coefficient (Wildman–Crippen LogP) is 2.11. The Morgan fingerprint density at radius 1 is 1.45 bits per heavy atom. The van der Waals surface area contributed by atoms with E-state index in [1.807, 2.05) is 18.2 Å². The quantitative estimate of drug-likeness (QED) is 0.900. The standard InChI is InChI=1S/C15H19N3O2/c1-15(4-6-20-7-5-15)9-16-14(19)11-2-3-12-13(8-11)18-10-17-12/h2-3,8,10H,4-7,9H2,1H3,(H,16,19)(H,17,18). The molecule has 1 fully saturated rings. The molecule has 20 heavy (non-hydrogen) atoms. The first-order chi connectivity index (χ1) is 9.66. The Morgan fingerprint density at radius 3 is 3.05 bits per heavy atom. The zero-order valence-electron chi connectivity index (χ0n) is 11.6. The van der Waals surface area contributed by atoms with Gasteiger partial charge in [0.1, 0.15) is 0 Å². The van der Waals surface area contributed by atoms with E-state index < -0.39 is 0 Å². The Morgan fingerprint density at radius 2 is 2.25 bits per heavy atom. The summed E-state index contributed by atoms with van der Waals surface area (Å²) in [5.74, 6) is -0.0331. The molecule has 3 rings (SSSR count). The maximum Gasteiger partial charge on any atom is 0.251 e. The smallest absolute Gasteiger partial charge is 0.251 e. The maximum atomic E-state index is 12.2. The Bertz CT molecular complexity index is 614. The number of rotatable bonds is 3. The van der Waals surface area contributed by atoms with Crippen LogP contribution in [0.25, 0.3) is 11.0 Å². The number of imidazole rings is 1. The van der Waals surface area contributed by atoms with Gasteiger partial charge in [0.2, 0.25) is 0 Å². The van der Waals surface area contributed by atoms with E-state index in [9.17, 15) is 4.79 Å². The number of carbonyl (C=O) groups is 1. The molecule has 5 nitrogen and oxygen atoms in total. The van der Waals surface area contributed by atoms with Gasteiger partial charge in [0.15, 0.2) is 0 Å². The Kier molecular flexibility index (Phi) is 3.44. The number of fused-ring (bicyclic) bond motifs is 1. The van der Waals surface area contributed by atoms with Crippen LogP contribution in [0.5, 0.6) is 0 Å². The van der Waals surface area contributed by atoms with Gasteiger partial charge in [-0.3, -0.25) is 4.79 Å². The Labute approximate surface area is 117 Å². The van der Waals surface area contributed by atoms with Gasteiger partial charge in [-0.05, 0) is 36.5 Å². The molecule has 0 atom stereocenters. The highest BCUT2D eigenvalue weighted by Gasteiger charge is 2.27. The largest absolute Gasteiger partial charge is 0.381 e. The van der Waals surface area contributed by atoms with E-state index in [4.69, 9.17) is 4.74 Å². The lowest BCUT2D eigenvalue weighted by Gasteiger charge is -2.33. The molecule has 0 bridgehead atoms. The van der Waals surface area contributed by atoms with Crippen molar-refractivity contribution in [3.05, 3.63) is 30.1 Å². The molecule has 1 aromatic heterocycles. The van der Waals surface area contributed by atoms with E-state index in [0.29, 0.717) is 12.1 Å². The number of aromatic nitrogens is 2. The summed E-state index contributed by atoms with van der Waals surface area (Å²) >= 11 is 0. The van der Waals surface area contributed by atoms with Crippen molar-refractivity contribution in [2.45, 2.75) is 19.8 Å². The van der Waals surface area contributed by atoms with E-state index in [1.165, 1.54) is 0 Å². The summed E-state index contributed by atoms with van der Waals surface area (Å²) in [5.41, 5.74) is 2.57. The number of H-pyrrole nitrogens is 1. The zero-order chi connectivity index (χ0) is 14.0. The summed E-state index contributed by atoms with van der Waals surface area (Å²) in [6.45, 7) is 4.46. The minimum Gasteiger partial charge on any atom is -0.381 e. The number of nitrogens with one attached hydrogen (secondary N) is 2. The zero-order valence-corrected chi connectivity index (χ0v) is 11.6. The van der Waals surface area contributed by atoms with Crippen LogP contribution in [0.4, 0.5) is 0 Å². The molecule has 0 radical (unpaired) electrons. The van der Waals surface area contributed by atoms with Crippen LogP contribution in [0.1, 0.15) is 30.1 Å². The van der Waals surface area contributed by atoms with Crippen molar-refractivity contribution in [3.8, 4) is 0 Å². The van der Waals surface area contributed by atoms with Gasteiger partial charge in [-0.15, -0.1) is 0 Å². The fourth-order valence-electron chi connectivity index (χ4n) is 2.51. The van der Waals surface area contributed by atoms with Crippen molar-refractivity contribution in [2.24, 2.45) is 5.41 Å². The molecule has 1 aliphatic rings. The van der Waals surface area contributed by atoms with Gasteiger partial charge >= 0.3 is 0 Å². The fraction of sp³-hybridized carbons (Fsp3) is 0.467. The van der Waals surface area contributed by atoms with Gasteiger partial charge in [0.25, 0.3) is 5.91 Å². The van der Waals surface area contributed by atoms with Crippen molar-refractivity contribution < 1.29 is 9.53 Å². The summed E-state index contributed by atoms with van der Waals surface area (Å²) in [5, 5.41) is 3.04. The predicted molar refractivity (Wildman–Crippen MR) is 76.6 cm³/mol. The number of aromatic amines is 1. The van der Waals surface area contributed by atoms with Crippen LogP contribution in [-0.4, -0.2) is 35.6 Å². The molecule has 1 amide bonds. The van der Waals surface area contributed by atoms with E-state index in [2.05, 4.69) is 22.2 Å². The highest BCUT2D eigenvalue weighted by molar-refractivity contribution is 5.97. The normalized spacial score (nSPS) is 18.1. The van der Waals surface area contributed by atoms with Gasteiger partial charge in [0, 0.05) is 25.3 Å². The topological polar surface area (TPSA) is 67.0 Å². The number of hydrogen-bond acceptors (Lipinski definition) is 3. The van der Waals surface area contributed by atoms with Crippen molar-refractivity contribution in [1.29, 1.82) is 0 Å². The van der Waals surface area contributed by atoms with Gasteiger partial charge in [0.05, 0.1) is 17.4 Å². The molecule has 1 saturated heterocycles. The molecule has 0 spiro atoms. The summed E-state index contributed by atoms with van der Waals surface area (Å²) in [6.07, 6.45) is 3.62. The SMILES string of the molecule is CC1(CNC(=O)c2ccc3nc[nH]c3c2)CCOCC1. The van der Waals surface area contributed by atoms with Crippen LogP contribution >= 0.6 is 0 Å². The van der Waals surface area contributed by atoms with Crippen molar-refractivity contribution in [1.82, 2.24) is 15.3 Å². The Balaban J connectivity index is 1.66. The van der Waals surface area contributed by atoms with Crippen LogP contribution in [0.2, 0.25) is 0 Å². The summed E-state index contributed by atoms with van der Waals surface area (Å²) in [6, 6.07) is 5.51. The third-order valence-electron chi connectivity index (χ3n) is 4.06. The van der Waals surface area contributed by atoms with Crippen LogP contribution in [0.15, 0.2) is 24.5 Å². The highest BCUT2D eigenvalue weighted by Crippen LogP contribution is 2.28. The lowest BCUT2D eigenvalue weighted by molar-refractivity contribution is 0.0238. The van der Waals surface area contributed by atoms with Crippen LogP contribution < -0.4 is 5.32 Å². The number of carbonyl (C=O) groups excluding carboxylic acids is 1. The first-order valence-electron chi connectivity index (χ1n) is 6.95. The molecular weight excluding hydrogens is 254 g/mol. The Hall–Kier alpha value is -1.88. The molecule has 1 aliphatic heterocycles. The van der Waals surface area contributed by atoms with E-state index in [0.717, 1.165) is 37.1 Å². The lowest BCUT2D eigenvalue weighted by Crippen LogP contribution is -2.39. The average molecular weight is 273 g/mol. The second kappa shape index (κ2) is 5.25. The van der Waals surface area contributed by atoms with Gasteiger partial charge in [-0.2, -0.15) is 0 Å². The molecule has 0 saturated carbocycles. The molecular formula is C15H19N3O2. The van der Waals surface area contributed by atoms with Crippen molar-refractivity contribution in [2.75, 3.05) is 19.8 Å². The second-order valence-corrected chi connectivity index (χ2v) is 5.74. The summed E-state index contributed by atoms with van der Waals surface area (Å²) in [7, 11) is 0. The van der Waals surface area contributed by atoms with Gasteiger partial charge in [-0.1, -0.05) is 6.92 Å². The molecule has 5 heteroatoms. The first kappa shape index (κ1) is 13.1. The van der Waals surface area contributed by atoms with Crippen molar-refractivity contribution >= 4 is 16.9 Å². The average Bonchev–Trinajstić information content (AvgIpc) is 2.93. The molecule has 106 valence electrons. The van der Waals surface area contributed by atoms with E-state index in [1.54, 1.807) is 6.33 Å². The van der Waals surface area contributed by atoms with Gasteiger partial charge < -0.3 is 15.0 Å². The van der Waals surface area contributed by atoms with Crippen LogP contribution in [-0.2, 0) is 4.74 Å². The number of nitrogens with zero attached hydrogens (tertiary/aromatic N) is 1. The molecule has 2 N–H and O–H groups in total. The summed E-state index contributed by atoms with van der Waals surface area (Å²) in [4.78, 5) is 19.4. The number of hydrogen-bond donors (Lipinski definition) is 2. The first-order valence-corrected chi connectivity index (χ1v) is 6.95. The molecule has 0 aliphatic carbocycles. The van der Waals surface area contributed by atoms with Crippen molar-refractivity contribution in [3.63, 3.8) is 0 Å². The van der Waals surface area contributed by atoms with E-state index >= 15 is 0 Å². The maximum absolute atomic E-state index is 12.2. The molecule has 0 unspecified atom stereocenters. The lowest BCUT2D eigenvalue weighted by atomic mass is 9.82. The molecule has 2 heterocycles. The minimum absolute atomic E-state index is 0.0331. The number of benzene rings is 1. The second-order valence-electron chi connectivity index (χ2n) is 5.74. The molecule has 1 aromatic carbocycles. The summed E-state index contributed by atoms with van der Waals surface area (Å²) < 4.78 is 5.37. The highest BCUT2D eigenvalue weighted by atomic mass is 16.5. The number of ether oxygens (including phenoxy) is 1. The van der Waals surface area contributed by atoms with E-state index in [-0.39, 0.29) is 11.3 Å². The van der Waals surface area contributed by atoms with Crippen LogP contribution in [0.3, 0.4) is 0 Å². The third kappa shape index (κ3) is 2.67. The number of amides is 1. The van der Waals surface area contributed by atoms with Gasteiger partial charge in [-0.25, -0.2) is 4.98 Å². The van der Waals surface area contributed by atoms with Crippen LogP contribution in [0, 0.1) is 5.41 Å².